The van der Waals surface area contributed by atoms with E-state index < -0.39 is 0 Å². The van der Waals surface area contributed by atoms with E-state index in [1.54, 1.807) is 0 Å². The van der Waals surface area contributed by atoms with Crippen molar-refractivity contribution in [3.63, 3.8) is 0 Å². The van der Waals surface area contributed by atoms with Crippen LogP contribution in [-0.4, -0.2) is 0 Å². The third-order valence-electron chi connectivity index (χ3n) is 6.24. The van der Waals surface area contributed by atoms with E-state index >= 15 is 0 Å². The molecule has 0 bridgehead atoms. The molecule has 0 saturated carbocycles. The minimum Gasteiger partial charge on any atom is -0.0984 e. The SMILES string of the molecule is C=Cc1c(C)cc2ccccc2c1CCC(C)Cc1ccc(C(C)CC)cc1.CC.CC.CC. The molecule has 0 fully saturated rings. The summed E-state index contributed by atoms with van der Waals surface area (Å²) in [6.07, 6.45) is 6.69. The van der Waals surface area contributed by atoms with Gasteiger partial charge in [0.1, 0.15) is 0 Å². The first-order chi connectivity index (χ1) is 16.5. The van der Waals surface area contributed by atoms with Crippen molar-refractivity contribution in [1.29, 1.82) is 0 Å². The molecule has 0 heterocycles. The molecule has 0 nitrogen and oxygen atoms in total. The Kier molecular flexibility index (Phi) is 16.8. The van der Waals surface area contributed by atoms with Gasteiger partial charge in [-0.05, 0) is 83.0 Å². The number of hydrogen-bond acceptors (Lipinski definition) is 0. The van der Waals surface area contributed by atoms with Crippen molar-refractivity contribution in [2.24, 2.45) is 5.92 Å². The number of aryl methyl sites for hydroxylation is 2. The van der Waals surface area contributed by atoms with Gasteiger partial charge in [0.25, 0.3) is 0 Å². The van der Waals surface area contributed by atoms with E-state index in [1.165, 1.54) is 51.4 Å². The van der Waals surface area contributed by atoms with Crippen LogP contribution in [0, 0.1) is 12.8 Å². The minimum absolute atomic E-state index is 0.651. The van der Waals surface area contributed by atoms with Crippen LogP contribution in [0.3, 0.4) is 0 Å². The lowest BCUT2D eigenvalue weighted by Crippen LogP contribution is -2.04. The zero-order valence-electron chi connectivity index (χ0n) is 24.0. The molecule has 188 valence electrons. The molecule has 34 heavy (non-hydrogen) atoms. The summed E-state index contributed by atoms with van der Waals surface area (Å²) < 4.78 is 0. The molecule has 3 aromatic rings. The van der Waals surface area contributed by atoms with Crippen LogP contribution in [-0.2, 0) is 12.8 Å². The summed E-state index contributed by atoms with van der Waals surface area (Å²) >= 11 is 0. The lowest BCUT2D eigenvalue weighted by Gasteiger charge is -2.17. The maximum absolute atomic E-state index is 4.08. The second-order valence-electron chi connectivity index (χ2n) is 8.41. The second-order valence-corrected chi connectivity index (χ2v) is 8.41. The highest BCUT2D eigenvalue weighted by molar-refractivity contribution is 5.90. The molecular weight excluding hydrogens is 408 g/mol. The third-order valence-corrected chi connectivity index (χ3v) is 6.24. The van der Waals surface area contributed by atoms with Gasteiger partial charge in [0.15, 0.2) is 0 Å². The Balaban J connectivity index is 0.00000168. The summed E-state index contributed by atoms with van der Waals surface area (Å²) in [5.74, 6) is 1.31. The average Bonchev–Trinajstić information content (AvgIpc) is 2.90. The van der Waals surface area contributed by atoms with Crippen LogP contribution in [0.5, 0.6) is 0 Å². The van der Waals surface area contributed by atoms with Gasteiger partial charge in [0.05, 0.1) is 0 Å². The van der Waals surface area contributed by atoms with Crippen LogP contribution in [0.1, 0.15) is 109 Å². The lowest BCUT2D eigenvalue weighted by molar-refractivity contribution is 0.531. The van der Waals surface area contributed by atoms with Crippen molar-refractivity contribution in [3.05, 3.63) is 89.0 Å². The molecule has 0 aliphatic heterocycles. The van der Waals surface area contributed by atoms with Crippen LogP contribution in [0.4, 0.5) is 0 Å². The third kappa shape index (κ3) is 9.13. The first-order valence-corrected chi connectivity index (χ1v) is 13.8. The predicted octanol–water partition coefficient (Wildman–Crippen LogP) is 11.2. The predicted molar refractivity (Wildman–Crippen MR) is 159 cm³/mol. The number of benzene rings is 3. The zero-order chi connectivity index (χ0) is 26.1. The van der Waals surface area contributed by atoms with Crippen molar-refractivity contribution in [1.82, 2.24) is 0 Å². The van der Waals surface area contributed by atoms with E-state index in [4.69, 9.17) is 0 Å². The first-order valence-electron chi connectivity index (χ1n) is 13.8. The van der Waals surface area contributed by atoms with Gasteiger partial charge in [-0.1, -0.05) is 130 Å². The molecule has 3 aromatic carbocycles. The normalized spacial score (nSPS) is 11.6. The number of rotatable bonds is 8. The van der Waals surface area contributed by atoms with Crippen LogP contribution in [0.2, 0.25) is 0 Å². The van der Waals surface area contributed by atoms with Crippen LogP contribution < -0.4 is 0 Å². The van der Waals surface area contributed by atoms with E-state index in [0.29, 0.717) is 11.8 Å². The van der Waals surface area contributed by atoms with E-state index in [-0.39, 0.29) is 0 Å². The monoisotopic (exact) mass is 460 g/mol. The van der Waals surface area contributed by atoms with Gasteiger partial charge < -0.3 is 0 Å². The molecule has 0 saturated heterocycles. The molecule has 0 aromatic heterocycles. The van der Waals surface area contributed by atoms with Gasteiger partial charge in [-0.15, -0.1) is 0 Å². The minimum atomic E-state index is 0.651. The van der Waals surface area contributed by atoms with Crippen molar-refractivity contribution < 1.29 is 0 Å². The summed E-state index contributed by atoms with van der Waals surface area (Å²) in [6.45, 7) is 25.2. The molecule has 2 atom stereocenters. The van der Waals surface area contributed by atoms with Gasteiger partial charge in [-0.2, -0.15) is 0 Å². The largest absolute Gasteiger partial charge is 0.0984 e. The lowest BCUT2D eigenvalue weighted by atomic mass is 9.88. The van der Waals surface area contributed by atoms with E-state index in [0.717, 1.165) is 12.8 Å². The molecule has 2 unspecified atom stereocenters. The Morgan fingerprint density at radius 3 is 2.00 bits per heavy atom. The first kappa shape index (κ1) is 31.7. The highest BCUT2D eigenvalue weighted by Crippen LogP contribution is 2.29. The molecule has 0 heteroatoms. The Bertz CT molecular complexity index is 930. The summed E-state index contributed by atoms with van der Waals surface area (Å²) in [5, 5.41) is 2.72. The Morgan fingerprint density at radius 1 is 0.853 bits per heavy atom. The van der Waals surface area contributed by atoms with E-state index in [1.807, 2.05) is 47.6 Å². The van der Waals surface area contributed by atoms with Crippen molar-refractivity contribution in [2.45, 2.75) is 101 Å². The fourth-order valence-electron chi connectivity index (χ4n) is 4.26. The van der Waals surface area contributed by atoms with Gasteiger partial charge >= 0.3 is 0 Å². The van der Waals surface area contributed by atoms with Gasteiger partial charge in [-0.3, -0.25) is 0 Å². The molecular formula is C34H52. The number of fused-ring (bicyclic) bond motifs is 1. The highest BCUT2D eigenvalue weighted by atomic mass is 14.2. The van der Waals surface area contributed by atoms with Gasteiger partial charge in [-0.25, -0.2) is 0 Å². The quantitative estimate of drug-likeness (QED) is 0.313. The molecule has 0 aliphatic rings. The van der Waals surface area contributed by atoms with Gasteiger partial charge in [0, 0.05) is 0 Å². The summed E-state index contributed by atoms with van der Waals surface area (Å²) in [7, 11) is 0. The Hall–Kier alpha value is -2.34. The molecule has 0 amide bonds. The molecule has 3 rings (SSSR count). The van der Waals surface area contributed by atoms with Gasteiger partial charge in [0.2, 0.25) is 0 Å². The standard InChI is InChI=1S/C28H34.3C2H6/c1-6-21(4)24-15-13-23(14-16-24)18-20(3)12-17-28-26(7-2)22(5)19-25-10-8-9-11-27(25)28;3*1-2/h7-11,13-16,19-21H,2,6,12,17-18H2,1,3-5H3;3*1-2H3. The van der Waals surface area contributed by atoms with Crippen LogP contribution in [0.15, 0.2) is 61.2 Å². The molecule has 0 N–H and O–H groups in total. The average molecular weight is 461 g/mol. The fraction of sp³-hybridized carbons (Fsp3) is 0.471. The topological polar surface area (TPSA) is 0 Å². The maximum Gasteiger partial charge on any atom is -0.0146 e. The molecule has 0 radical (unpaired) electrons. The highest BCUT2D eigenvalue weighted by Gasteiger charge is 2.12. The van der Waals surface area contributed by atoms with Crippen molar-refractivity contribution in [2.75, 3.05) is 0 Å². The maximum atomic E-state index is 4.08. The zero-order valence-corrected chi connectivity index (χ0v) is 24.0. The van der Waals surface area contributed by atoms with Crippen molar-refractivity contribution >= 4 is 16.8 Å². The summed E-state index contributed by atoms with van der Waals surface area (Å²) in [4.78, 5) is 0. The van der Waals surface area contributed by atoms with Crippen LogP contribution >= 0.6 is 0 Å². The van der Waals surface area contributed by atoms with E-state index in [9.17, 15) is 0 Å². The summed E-state index contributed by atoms with van der Waals surface area (Å²) in [6, 6.07) is 20.3. The van der Waals surface area contributed by atoms with Crippen LogP contribution in [0.25, 0.3) is 16.8 Å². The van der Waals surface area contributed by atoms with E-state index in [2.05, 4.69) is 88.9 Å². The smallest absolute Gasteiger partial charge is 0.0146 e. The number of hydrogen-bond donors (Lipinski definition) is 0. The summed E-state index contributed by atoms with van der Waals surface area (Å²) in [5.41, 5.74) is 7.03. The fourth-order valence-corrected chi connectivity index (χ4v) is 4.26. The Labute approximate surface area is 212 Å². The van der Waals surface area contributed by atoms with Crippen molar-refractivity contribution in [3.8, 4) is 0 Å². The Morgan fingerprint density at radius 2 is 1.44 bits per heavy atom. The second kappa shape index (κ2) is 18.0. The molecule has 0 spiro atoms. The molecule has 0 aliphatic carbocycles.